The summed E-state index contributed by atoms with van der Waals surface area (Å²) >= 11 is 0. The van der Waals surface area contributed by atoms with Gasteiger partial charge in [-0.25, -0.2) is 0 Å². The van der Waals surface area contributed by atoms with Crippen LogP contribution < -0.4 is 5.32 Å². The summed E-state index contributed by atoms with van der Waals surface area (Å²) in [4.78, 5) is 4.36. The molecule has 19 heavy (non-hydrogen) atoms. The lowest BCUT2D eigenvalue weighted by molar-refractivity contribution is 0.565. The van der Waals surface area contributed by atoms with Gasteiger partial charge in [-0.15, -0.1) is 0 Å². The van der Waals surface area contributed by atoms with E-state index in [9.17, 15) is 0 Å². The molecule has 2 nitrogen and oxygen atoms in total. The lowest BCUT2D eigenvalue weighted by Gasteiger charge is -2.12. The fourth-order valence-corrected chi connectivity index (χ4v) is 2.28. The third-order valence-electron chi connectivity index (χ3n) is 3.23. The lowest BCUT2D eigenvalue weighted by Crippen LogP contribution is -2.27. The number of benzene rings is 1. The van der Waals surface area contributed by atoms with Crippen molar-refractivity contribution in [3.05, 3.63) is 65.5 Å². The molecule has 1 atom stereocenters. The van der Waals surface area contributed by atoms with Crippen molar-refractivity contribution in [1.29, 1.82) is 0 Å². The van der Waals surface area contributed by atoms with Crippen LogP contribution in [0, 0.1) is 0 Å². The fourth-order valence-electron chi connectivity index (χ4n) is 2.28. The molecule has 2 heteroatoms. The first-order valence-corrected chi connectivity index (χ1v) is 6.99. The highest BCUT2D eigenvalue weighted by Gasteiger charge is 2.02. The molecule has 1 aromatic heterocycles. The predicted molar refractivity (Wildman–Crippen MR) is 80.3 cm³/mol. The van der Waals surface area contributed by atoms with Gasteiger partial charge in [0.1, 0.15) is 0 Å². The topological polar surface area (TPSA) is 24.9 Å². The van der Waals surface area contributed by atoms with Crippen molar-refractivity contribution in [2.75, 3.05) is 6.54 Å². The van der Waals surface area contributed by atoms with Crippen molar-refractivity contribution < 1.29 is 0 Å². The number of nitrogens with one attached hydrogen (secondary N) is 1. The monoisotopic (exact) mass is 254 g/mol. The Labute approximate surface area is 115 Å². The summed E-state index contributed by atoms with van der Waals surface area (Å²) in [6, 6.07) is 15.5. The van der Waals surface area contributed by atoms with E-state index in [1.807, 2.05) is 18.3 Å². The first-order valence-electron chi connectivity index (χ1n) is 6.99. The summed E-state index contributed by atoms with van der Waals surface area (Å²) in [5.41, 5.74) is 3.83. The van der Waals surface area contributed by atoms with E-state index in [-0.39, 0.29) is 0 Å². The number of pyridine rings is 1. The molecule has 0 spiro atoms. The molecule has 0 aliphatic carbocycles. The van der Waals surface area contributed by atoms with Gasteiger partial charge in [0.25, 0.3) is 0 Å². The van der Waals surface area contributed by atoms with Crippen molar-refractivity contribution in [3.8, 4) is 0 Å². The SMILES string of the molecule is CCNC(C)Cc1ccc(Cc2ccccn2)cc1. The Hall–Kier alpha value is -1.67. The first kappa shape index (κ1) is 13.8. The van der Waals surface area contributed by atoms with Crippen molar-refractivity contribution >= 4 is 0 Å². The molecule has 2 rings (SSSR count). The molecule has 0 saturated heterocycles. The molecule has 0 saturated carbocycles. The van der Waals surface area contributed by atoms with E-state index < -0.39 is 0 Å². The zero-order valence-electron chi connectivity index (χ0n) is 11.8. The molecule has 100 valence electrons. The highest BCUT2D eigenvalue weighted by Crippen LogP contribution is 2.10. The second kappa shape index (κ2) is 7.05. The van der Waals surface area contributed by atoms with Crippen LogP contribution in [0.4, 0.5) is 0 Å². The zero-order chi connectivity index (χ0) is 13.5. The number of hydrogen-bond donors (Lipinski definition) is 1. The van der Waals surface area contributed by atoms with Gasteiger partial charge in [-0.05, 0) is 43.1 Å². The maximum Gasteiger partial charge on any atom is 0.0447 e. The molecule has 1 unspecified atom stereocenters. The molecule has 1 aromatic carbocycles. The minimum absolute atomic E-state index is 0.534. The maximum atomic E-state index is 4.36. The van der Waals surface area contributed by atoms with Crippen LogP contribution in [0.3, 0.4) is 0 Å². The Morgan fingerprint density at radius 2 is 1.79 bits per heavy atom. The third kappa shape index (κ3) is 4.49. The van der Waals surface area contributed by atoms with E-state index in [1.54, 1.807) is 0 Å². The molecule has 1 N–H and O–H groups in total. The van der Waals surface area contributed by atoms with Gasteiger partial charge in [-0.2, -0.15) is 0 Å². The van der Waals surface area contributed by atoms with E-state index >= 15 is 0 Å². The zero-order valence-corrected chi connectivity index (χ0v) is 11.8. The summed E-state index contributed by atoms with van der Waals surface area (Å²) in [5, 5.41) is 3.44. The molecule has 0 aliphatic rings. The van der Waals surface area contributed by atoms with E-state index in [2.05, 4.69) is 54.5 Å². The van der Waals surface area contributed by atoms with Gasteiger partial charge in [0, 0.05) is 24.4 Å². The van der Waals surface area contributed by atoms with Gasteiger partial charge in [-0.3, -0.25) is 4.98 Å². The molecule has 0 aliphatic heterocycles. The Balaban J connectivity index is 1.95. The largest absolute Gasteiger partial charge is 0.314 e. The molecule has 0 fully saturated rings. The minimum atomic E-state index is 0.534. The summed E-state index contributed by atoms with van der Waals surface area (Å²) in [6.45, 7) is 5.40. The molecular weight excluding hydrogens is 232 g/mol. The van der Waals surface area contributed by atoms with Crippen LogP contribution >= 0.6 is 0 Å². The molecular formula is C17H22N2. The number of likely N-dealkylation sites (N-methyl/N-ethyl adjacent to an activating group) is 1. The van der Waals surface area contributed by atoms with Crippen molar-refractivity contribution in [1.82, 2.24) is 10.3 Å². The molecule has 0 bridgehead atoms. The second-order valence-electron chi connectivity index (χ2n) is 4.98. The Bertz CT molecular complexity index is 476. The normalized spacial score (nSPS) is 12.3. The van der Waals surface area contributed by atoms with Crippen LogP contribution in [-0.4, -0.2) is 17.6 Å². The fraction of sp³-hybridized carbons (Fsp3) is 0.353. The van der Waals surface area contributed by atoms with Gasteiger partial charge >= 0.3 is 0 Å². The van der Waals surface area contributed by atoms with Crippen LogP contribution in [0.5, 0.6) is 0 Å². The molecule has 0 amide bonds. The average molecular weight is 254 g/mol. The van der Waals surface area contributed by atoms with Crippen LogP contribution in [0.1, 0.15) is 30.7 Å². The average Bonchev–Trinajstić information content (AvgIpc) is 2.42. The quantitative estimate of drug-likeness (QED) is 0.856. The predicted octanol–water partition coefficient (Wildman–Crippen LogP) is 3.21. The van der Waals surface area contributed by atoms with Gasteiger partial charge in [0.05, 0.1) is 0 Å². The summed E-state index contributed by atoms with van der Waals surface area (Å²) in [5.74, 6) is 0. The van der Waals surface area contributed by atoms with Crippen molar-refractivity contribution in [2.24, 2.45) is 0 Å². The standard InChI is InChI=1S/C17H22N2/c1-3-18-14(2)12-15-7-9-16(10-8-15)13-17-6-4-5-11-19-17/h4-11,14,18H,3,12-13H2,1-2H3. The van der Waals surface area contributed by atoms with Gasteiger partial charge < -0.3 is 5.32 Å². The second-order valence-corrected chi connectivity index (χ2v) is 4.98. The number of rotatable bonds is 6. The first-order chi connectivity index (χ1) is 9.28. The highest BCUT2D eigenvalue weighted by atomic mass is 14.9. The highest BCUT2D eigenvalue weighted by molar-refractivity contribution is 5.26. The summed E-state index contributed by atoms with van der Waals surface area (Å²) < 4.78 is 0. The van der Waals surface area contributed by atoms with Gasteiger partial charge in [-0.1, -0.05) is 37.3 Å². The summed E-state index contributed by atoms with van der Waals surface area (Å²) in [7, 11) is 0. The maximum absolute atomic E-state index is 4.36. The number of nitrogens with zero attached hydrogens (tertiary/aromatic N) is 1. The minimum Gasteiger partial charge on any atom is -0.314 e. The van der Waals surface area contributed by atoms with Gasteiger partial charge in [0.2, 0.25) is 0 Å². The smallest absolute Gasteiger partial charge is 0.0447 e. The molecule has 0 radical (unpaired) electrons. The van der Waals surface area contributed by atoms with Crippen LogP contribution in [0.2, 0.25) is 0 Å². The molecule has 2 aromatic rings. The molecule has 1 heterocycles. The van der Waals surface area contributed by atoms with Gasteiger partial charge in [0.15, 0.2) is 0 Å². The van der Waals surface area contributed by atoms with E-state index in [1.165, 1.54) is 11.1 Å². The van der Waals surface area contributed by atoms with E-state index in [0.717, 1.165) is 25.1 Å². The van der Waals surface area contributed by atoms with Crippen molar-refractivity contribution in [3.63, 3.8) is 0 Å². The Kier molecular flexibility index (Phi) is 5.10. The van der Waals surface area contributed by atoms with E-state index in [4.69, 9.17) is 0 Å². The lowest BCUT2D eigenvalue weighted by atomic mass is 10.0. The van der Waals surface area contributed by atoms with Crippen molar-refractivity contribution in [2.45, 2.75) is 32.7 Å². The summed E-state index contributed by atoms with van der Waals surface area (Å²) in [6.07, 6.45) is 3.84. The van der Waals surface area contributed by atoms with Crippen LogP contribution in [0.15, 0.2) is 48.7 Å². The Morgan fingerprint density at radius 1 is 1.05 bits per heavy atom. The van der Waals surface area contributed by atoms with Crippen LogP contribution in [0.25, 0.3) is 0 Å². The van der Waals surface area contributed by atoms with E-state index in [0.29, 0.717) is 6.04 Å². The number of aromatic nitrogens is 1. The van der Waals surface area contributed by atoms with Crippen LogP contribution in [-0.2, 0) is 12.8 Å². The Morgan fingerprint density at radius 3 is 2.42 bits per heavy atom. The number of hydrogen-bond acceptors (Lipinski definition) is 2. The third-order valence-corrected chi connectivity index (χ3v) is 3.23.